The van der Waals surface area contributed by atoms with Gasteiger partial charge in [-0.1, -0.05) is 12.1 Å². The second-order valence-electron chi connectivity index (χ2n) is 5.04. The van der Waals surface area contributed by atoms with Crippen molar-refractivity contribution in [2.75, 3.05) is 40.3 Å². The van der Waals surface area contributed by atoms with Crippen molar-refractivity contribution in [3.63, 3.8) is 0 Å². The summed E-state index contributed by atoms with van der Waals surface area (Å²) in [5, 5.41) is 0. The Morgan fingerprint density at radius 2 is 1.75 bits per heavy atom. The fourth-order valence-electron chi connectivity index (χ4n) is 2.24. The summed E-state index contributed by atoms with van der Waals surface area (Å²) in [6, 6.07) is 7.37. The van der Waals surface area contributed by atoms with Gasteiger partial charge in [0.1, 0.15) is 0 Å². The monoisotopic (exact) mass is 278 g/mol. The third kappa shape index (κ3) is 3.42. The van der Waals surface area contributed by atoms with Crippen LogP contribution in [0.5, 0.6) is 11.5 Å². The molecule has 0 N–H and O–H groups in total. The van der Waals surface area contributed by atoms with Crippen molar-refractivity contribution in [2.45, 2.75) is 13.0 Å². The molecule has 0 saturated carbocycles. The van der Waals surface area contributed by atoms with Crippen molar-refractivity contribution in [3.8, 4) is 11.5 Å². The van der Waals surface area contributed by atoms with Gasteiger partial charge in [0.15, 0.2) is 17.6 Å². The zero-order valence-electron chi connectivity index (χ0n) is 12.3. The molecular formula is C15H22N2O3. The number of amides is 1. The first-order chi connectivity index (χ1) is 9.61. The lowest BCUT2D eigenvalue weighted by atomic mass is 10.2. The number of para-hydroxylation sites is 2. The van der Waals surface area contributed by atoms with E-state index in [9.17, 15) is 4.79 Å². The van der Waals surface area contributed by atoms with E-state index in [1.165, 1.54) is 0 Å². The highest BCUT2D eigenvalue weighted by molar-refractivity contribution is 5.81. The Kier molecular flexibility index (Phi) is 4.84. The molecule has 1 aromatic carbocycles. The highest BCUT2D eigenvalue weighted by Crippen LogP contribution is 2.27. The van der Waals surface area contributed by atoms with Gasteiger partial charge in [0.25, 0.3) is 5.91 Å². The van der Waals surface area contributed by atoms with Crippen LogP contribution in [0, 0.1) is 0 Å². The lowest BCUT2D eigenvalue weighted by Crippen LogP contribution is -2.50. The zero-order valence-corrected chi connectivity index (χ0v) is 12.3. The van der Waals surface area contributed by atoms with Crippen LogP contribution in [0.15, 0.2) is 24.3 Å². The number of methoxy groups -OCH3 is 1. The molecule has 5 nitrogen and oxygen atoms in total. The Balaban J connectivity index is 1.97. The van der Waals surface area contributed by atoms with Crippen LogP contribution in [-0.2, 0) is 4.79 Å². The molecule has 1 aliphatic heterocycles. The summed E-state index contributed by atoms with van der Waals surface area (Å²) in [6.07, 6.45) is -0.505. The Morgan fingerprint density at radius 3 is 2.35 bits per heavy atom. The Labute approximate surface area is 120 Å². The van der Waals surface area contributed by atoms with Gasteiger partial charge in [-0.05, 0) is 26.1 Å². The lowest BCUT2D eigenvalue weighted by molar-refractivity contribution is -0.139. The van der Waals surface area contributed by atoms with Crippen molar-refractivity contribution in [3.05, 3.63) is 24.3 Å². The standard InChI is InChI=1S/C15H22N2O3/c1-12(15(18)17-10-8-16(2)9-11-17)20-14-7-5-4-6-13(14)19-3/h4-7,12H,8-11H2,1-3H3/t12-/m0/s1. The molecule has 1 aromatic rings. The highest BCUT2D eigenvalue weighted by atomic mass is 16.5. The normalized spacial score (nSPS) is 17.6. The van der Waals surface area contributed by atoms with Crippen LogP contribution in [-0.4, -0.2) is 62.1 Å². The predicted molar refractivity (Wildman–Crippen MR) is 77.2 cm³/mol. The molecule has 5 heteroatoms. The lowest BCUT2D eigenvalue weighted by Gasteiger charge is -2.33. The first kappa shape index (κ1) is 14.7. The second kappa shape index (κ2) is 6.61. The second-order valence-corrected chi connectivity index (χ2v) is 5.04. The number of carbonyl (C=O) groups is 1. The maximum Gasteiger partial charge on any atom is 0.263 e. The van der Waals surface area contributed by atoms with Gasteiger partial charge in [-0.2, -0.15) is 0 Å². The van der Waals surface area contributed by atoms with Crippen LogP contribution in [0.25, 0.3) is 0 Å². The topological polar surface area (TPSA) is 42.0 Å². The van der Waals surface area contributed by atoms with E-state index in [1.807, 2.05) is 29.2 Å². The van der Waals surface area contributed by atoms with Gasteiger partial charge in [-0.3, -0.25) is 4.79 Å². The Morgan fingerprint density at radius 1 is 1.15 bits per heavy atom. The highest BCUT2D eigenvalue weighted by Gasteiger charge is 2.25. The minimum atomic E-state index is -0.505. The quantitative estimate of drug-likeness (QED) is 0.831. The molecule has 1 fully saturated rings. The van der Waals surface area contributed by atoms with E-state index in [0.29, 0.717) is 11.5 Å². The SMILES string of the molecule is COc1ccccc1O[C@@H](C)C(=O)N1CCN(C)CC1. The van der Waals surface area contributed by atoms with E-state index >= 15 is 0 Å². The van der Waals surface area contributed by atoms with Gasteiger partial charge >= 0.3 is 0 Å². The van der Waals surface area contributed by atoms with Gasteiger partial charge in [-0.25, -0.2) is 0 Å². The summed E-state index contributed by atoms with van der Waals surface area (Å²) in [6.45, 7) is 5.12. The van der Waals surface area contributed by atoms with Crippen LogP contribution >= 0.6 is 0 Å². The van der Waals surface area contributed by atoms with Crippen molar-refractivity contribution >= 4 is 5.91 Å². The summed E-state index contributed by atoms with van der Waals surface area (Å²) in [7, 11) is 3.66. The van der Waals surface area contributed by atoms with Gasteiger partial charge < -0.3 is 19.3 Å². The fourth-order valence-corrected chi connectivity index (χ4v) is 2.24. The minimum Gasteiger partial charge on any atom is -0.493 e. The summed E-state index contributed by atoms with van der Waals surface area (Å²) < 4.78 is 11.0. The number of likely N-dealkylation sites (N-methyl/N-ethyl adjacent to an activating group) is 1. The largest absolute Gasteiger partial charge is 0.493 e. The molecule has 1 saturated heterocycles. The molecule has 0 bridgehead atoms. The number of nitrogens with zero attached hydrogens (tertiary/aromatic N) is 2. The van der Waals surface area contributed by atoms with Gasteiger partial charge in [0, 0.05) is 26.2 Å². The summed E-state index contributed by atoms with van der Waals surface area (Å²) in [5.41, 5.74) is 0. The maximum atomic E-state index is 12.4. The average Bonchev–Trinajstić information content (AvgIpc) is 2.48. The van der Waals surface area contributed by atoms with Gasteiger partial charge in [0.2, 0.25) is 0 Å². The van der Waals surface area contributed by atoms with E-state index in [4.69, 9.17) is 9.47 Å². The molecule has 1 aliphatic rings. The van der Waals surface area contributed by atoms with E-state index < -0.39 is 6.10 Å². The smallest absolute Gasteiger partial charge is 0.263 e. The molecule has 0 aliphatic carbocycles. The summed E-state index contributed by atoms with van der Waals surface area (Å²) >= 11 is 0. The Hall–Kier alpha value is -1.75. The molecule has 1 atom stereocenters. The van der Waals surface area contributed by atoms with E-state index in [2.05, 4.69) is 11.9 Å². The number of rotatable bonds is 4. The van der Waals surface area contributed by atoms with Crippen molar-refractivity contribution in [1.82, 2.24) is 9.80 Å². The first-order valence-electron chi connectivity index (χ1n) is 6.89. The van der Waals surface area contributed by atoms with Crippen LogP contribution in [0.2, 0.25) is 0 Å². The van der Waals surface area contributed by atoms with E-state index in [-0.39, 0.29) is 5.91 Å². The number of carbonyl (C=O) groups excluding carboxylic acids is 1. The molecule has 0 radical (unpaired) electrons. The van der Waals surface area contributed by atoms with Crippen LogP contribution in [0.1, 0.15) is 6.92 Å². The number of piperazine rings is 1. The summed E-state index contributed by atoms with van der Waals surface area (Å²) in [4.78, 5) is 16.4. The molecule has 0 aromatic heterocycles. The number of benzene rings is 1. The number of hydrogen-bond acceptors (Lipinski definition) is 4. The molecule has 1 amide bonds. The average molecular weight is 278 g/mol. The van der Waals surface area contributed by atoms with Crippen LogP contribution in [0.3, 0.4) is 0 Å². The van der Waals surface area contributed by atoms with Crippen molar-refractivity contribution in [1.29, 1.82) is 0 Å². The maximum absolute atomic E-state index is 12.4. The molecule has 0 spiro atoms. The number of ether oxygens (including phenoxy) is 2. The fraction of sp³-hybridized carbons (Fsp3) is 0.533. The van der Waals surface area contributed by atoms with Crippen molar-refractivity contribution < 1.29 is 14.3 Å². The predicted octanol–water partition coefficient (Wildman–Crippen LogP) is 1.24. The number of hydrogen-bond donors (Lipinski definition) is 0. The van der Waals surface area contributed by atoms with Crippen molar-refractivity contribution in [2.24, 2.45) is 0 Å². The molecule has 110 valence electrons. The molecule has 1 heterocycles. The molecular weight excluding hydrogens is 256 g/mol. The molecule has 0 unspecified atom stereocenters. The third-order valence-electron chi connectivity index (χ3n) is 3.54. The zero-order chi connectivity index (χ0) is 14.5. The Bertz CT molecular complexity index is 456. The van der Waals surface area contributed by atoms with Crippen LogP contribution < -0.4 is 9.47 Å². The minimum absolute atomic E-state index is 0.0315. The van der Waals surface area contributed by atoms with Crippen LogP contribution in [0.4, 0.5) is 0 Å². The van der Waals surface area contributed by atoms with Gasteiger partial charge in [0.05, 0.1) is 7.11 Å². The molecule has 2 rings (SSSR count). The third-order valence-corrected chi connectivity index (χ3v) is 3.54. The molecule has 20 heavy (non-hydrogen) atoms. The van der Waals surface area contributed by atoms with Gasteiger partial charge in [-0.15, -0.1) is 0 Å². The first-order valence-corrected chi connectivity index (χ1v) is 6.89. The van der Waals surface area contributed by atoms with E-state index in [0.717, 1.165) is 26.2 Å². The van der Waals surface area contributed by atoms with E-state index in [1.54, 1.807) is 14.0 Å². The summed E-state index contributed by atoms with van der Waals surface area (Å²) in [5.74, 6) is 1.28.